The summed E-state index contributed by atoms with van der Waals surface area (Å²) in [4.78, 5) is 0. The molecule has 0 saturated heterocycles. The summed E-state index contributed by atoms with van der Waals surface area (Å²) in [7, 11) is 0. The first-order valence-corrected chi connectivity index (χ1v) is 7.98. The average molecular weight is 345 g/mol. The van der Waals surface area contributed by atoms with E-state index >= 15 is 0 Å². The number of benzene rings is 2. The number of halogens is 2. The number of aliphatic hydroxyl groups excluding tert-OH is 2. The molecular formula is C16H18Cl2O4. The van der Waals surface area contributed by atoms with Crippen molar-refractivity contribution in [3.63, 3.8) is 0 Å². The first-order chi connectivity index (χ1) is 10.7. The fraction of sp³-hybridized carbons (Fsp3) is 0.375. The SMILES string of the molecule is OC(CCl)COc1cccc2c(OCC(O)CCl)cccc12. The summed E-state index contributed by atoms with van der Waals surface area (Å²) in [6, 6.07) is 11.1. The topological polar surface area (TPSA) is 58.9 Å². The first-order valence-electron chi connectivity index (χ1n) is 6.91. The van der Waals surface area contributed by atoms with Gasteiger partial charge in [-0.1, -0.05) is 24.3 Å². The van der Waals surface area contributed by atoms with Crippen molar-refractivity contribution in [2.45, 2.75) is 12.2 Å². The van der Waals surface area contributed by atoms with E-state index in [-0.39, 0.29) is 25.0 Å². The Balaban J connectivity index is 2.22. The molecule has 0 bridgehead atoms. The molecule has 4 nitrogen and oxygen atoms in total. The van der Waals surface area contributed by atoms with Crippen LogP contribution in [-0.2, 0) is 0 Å². The summed E-state index contributed by atoms with van der Waals surface area (Å²) < 4.78 is 11.2. The van der Waals surface area contributed by atoms with Gasteiger partial charge in [-0.2, -0.15) is 0 Å². The van der Waals surface area contributed by atoms with E-state index in [0.29, 0.717) is 11.5 Å². The van der Waals surface area contributed by atoms with Crippen LogP contribution in [0.4, 0.5) is 0 Å². The van der Waals surface area contributed by atoms with Gasteiger partial charge in [-0.05, 0) is 12.1 Å². The minimum Gasteiger partial charge on any atom is -0.490 e. The number of ether oxygens (including phenoxy) is 2. The Hall–Kier alpha value is -1.20. The highest BCUT2D eigenvalue weighted by Gasteiger charge is 2.10. The predicted octanol–water partition coefficient (Wildman–Crippen LogP) is 2.80. The van der Waals surface area contributed by atoms with E-state index in [2.05, 4.69) is 0 Å². The molecule has 0 aliphatic rings. The van der Waals surface area contributed by atoms with Crippen LogP contribution in [0, 0.1) is 0 Å². The molecule has 2 rings (SSSR count). The molecule has 0 saturated carbocycles. The lowest BCUT2D eigenvalue weighted by atomic mass is 10.1. The summed E-state index contributed by atoms with van der Waals surface area (Å²) in [5, 5.41) is 20.7. The number of hydrogen-bond acceptors (Lipinski definition) is 4. The average Bonchev–Trinajstić information content (AvgIpc) is 2.57. The molecule has 0 aromatic heterocycles. The standard InChI is InChI=1S/C16H18Cl2O4/c17-7-11(19)9-21-15-5-1-3-13-14(15)4-2-6-16(13)22-10-12(20)8-18/h1-6,11-12,19-20H,7-10H2. The van der Waals surface area contributed by atoms with Gasteiger partial charge in [-0.25, -0.2) is 0 Å². The van der Waals surface area contributed by atoms with Gasteiger partial charge >= 0.3 is 0 Å². The van der Waals surface area contributed by atoms with Crippen LogP contribution in [0.3, 0.4) is 0 Å². The lowest BCUT2D eigenvalue weighted by Crippen LogP contribution is -2.19. The molecule has 0 radical (unpaired) electrons. The molecule has 0 aliphatic carbocycles. The van der Waals surface area contributed by atoms with Crippen molar-refractivity contribution >= 4 is 34.0 Å². The number of fused-ring (bicyclic) bond motifs is 1. The lowest BCUT2D eigenvalue weighted by Gasteiger charge is -2.15. The van der Waals surface area contributed by atoms with Crippen molar-refractivity contribution in [3.05, 3.63) is 36.4 Å². The summed E-state index contributed by atoms with van der Waals surface area (Å²) >= 11 is 11.1. The van der Waals surface area contributed by atoms with Crippen molar-refractivity contribution in [2.75, 3.05) is 25.0 Å². The zero-order valence-electron chi connectivity index (χ0n) is 11.9. The van der Waals surface area contributed by atoms with Crippen LogP contribution in [0.25, 0.3) is 10.8 Å². The molecule has 0 amide bonds. The number of aliphatic hydroxyl groups is 2. The third-order valence-electron chi connectivity index (χ3n) is 3.06. The van der Waals surface area contributed by atoms with E-state index in [4.69, 9.17) is 32.7 Å². The van der Waals surface area contributed by atoms with Crippen molar-refractivity contribution in [1.29, 1.82) is 0 Å². The molecule has 22 heavy (non-hydrogen) atoms. The largest absolute Gasteiger partial charge is 0.490 e. The molecule has 6 heteroatoms. The van der Waals surface area contributed by atoms with Crippen LogP contribution in [0.2, 0.25) is 0 Å². The zero-order chi connectivity index (χ0) is 15.9. The third kappa shape index (κ3) is 4.40. The van der Waals surface area contributed by atoms with Crippen LogP contribution < -0.4 is 9.47 Å². The van der Waals surface area contributed by atoms with Crippen LogP contribution in [0.1, 0.15) is 0 Å². The van der Waals surface area contributed by atoms with E-state index < -0.39 is 12.2 Å². The molecule has 0 heterocycles. The van der Waals surface area contributed by atoms with Gasteiger partial charge in [0, 0.05) is 10.8 Å². The normalized spacial score (nSPS) is 13.8. The molecule has 120 valence electrons. The van der Waals surface area contributed by atoms with Gasteiger partial charge in [-0.3, -0.25) is 0 Å². The van der Waals surface area contributed by atoms with E-state index in [0.717, 1.165) is 10.8 Å². The Labute approximate surface area is 139 Å². The summed E-state index contributed by atoms with van der Waals surface area (Å²) in [6.45, 7) is 0.247. The van der Waals surface area contributed by atoms with Crippen molar-refractivity contribution in [3.8, 4) is 11.5 Å². The summed E-state index contributed by atoms with van der Waals surface area (Å²) in [5.41, 5.74) is 0. The Morgan fingerprint density at radius 1 is 0.773 bits per heavy atom. The number of alkyl halides is 2. The minimum absolute atomic E-state index is 0.120. The van der Waals surface area contributed by atoms with Crippen LogP contribution >= 0.6 is 23.2 Å². The Bertz CT molecular complexity index is 552. The highest BCUT2D eigenvalue weighted by atomic mass is 35.5. The fourth-order valence-electron chi connectivity index (χ4n) is 1.97. The van der Waals surface area contributed by atoms with Crippen molar-refractivity contribution < 1.29 is 19.7 Å². The lowest BCUT2D eigenvalue weighted by molar-refractivity contribution is 0.125. The second-order valence-corrected chi connectivity index (χ2v) is 5.46. The molecule has 2 atom stereocenters. The predicted molar refractivity (Wildman–Crippen MR) is 88.4 cm³/mol. The molecule has 2 unspecified atom stereocenters. The van der Waals surface area contributed by atoms with Crippen molar-refractivity contribution in [1.82, 2.24) is 0 Å². The van der Waals surface area contributed by atoms with Crippen LogP contribution in [0.15, 0.2) is 36.4 Å². The molecule has 2 aromatic rings. The van der Waals surface area contributed by atoms with E-state index in [1.807, 2.05) is 36.4 Å². The first kappa shape index (κ1) is 17.2. The summed E-state index contributed by atoms with van der Waals surface area (Å²) in [6.07, 6.45) is -1.43. The molecule has 2 N–H and O–H groups in total. The fourth-order valence-corrected chi connectivity index (χ4v) is 2.14. The minimum atomic E-state index is -0.713. The van der Waals surface area contributed by atoms with Gasteiger partial charge in [0.15, 0.2) is 0 Å². The Morgan fingerprint density at radius 3 is 1.55 bits per heavy atom. The zero-order valence-corrected chi connectivity index (χ0v) is 13.4. The maximum Gasteiger partial charge on any atom is 0.127 e. The quantitative estimate of drug-likeness (QED) is 0.723. The second kappa shape index (κ2) is 8.44. The van der Waals surface area contributed by atoms with Crippen molar-refractivity contribution in [2.24, 2.45) is 0 Å². The van der Waals surface area contributed by atoms with E-state index in [9.17, 15) is 10.2 Å². The molecule has 2 aromatic carbocycles. The molecule has 0 aliphatic heterocycles. The maximum atomic E-state index is 9.50. The Kier molecular flexibility index (Phi) is 6.58. The van der Waals surface area contributed by atoms with Gasteiger partial charge < -0.3 is 19.7 Å². The number of hydrogen-bond donors (Lipinski definition) is 2. The molecular weight excluding hydrogens is 327 g/mol. The van der Waals surface area contributed by atoms with Gasteiger partial charge in [0.25, 0.3) is 0 Å². The van der Waals surface area contributed by atoms with Crippen LogP contribution in [-0.4, -0.2) is 47.4 Å². The van der Waals surface area contributed by atoms with Gasteiger partial charge in [0.2, 0.25) is 0 Å². The third-order valence-corrected chi connectivity index (χ3v) is 3.77. The van der Waals surface area contributed by atoms with Crippen LogP contribution in [0.5, 0.6) is 11.5 Å². The van der Waals surface area contributed by atoms with E-state index in [1.54, 1.807) is 0 Å². The number of rotatable bonds is 8. The molecule has 0 spiro atoms. The van der Waals surface area contributed by atoms with E-state index in [1.165, 1.54) is 0 Å². The smallest absolute Gasteiger partial charge is 0.127 e. The Morgan fingerprint density at radius 2 is 1.18 bits per heavy atom. The molecule has 0 fully saturated rings. The van der Waals surface area contributed by atoms with Gasteiger partial charge in [0.05, 0.1) is 11.8 Å². The highest BCUT2D eigenvalue weighted by Crippen LogP contribution is 2.32. The van der Waals surface area contributed by atoms with Gasteiger partial charge in [0.1, 0.15) is 36.9 Å². The maximum absolute atomic E-state index is 9.50. The highest BCUT2D eigenvalue weighted by molar-refractivity contribution is 6.18. The van der Waals surface area contributed by atoms with Gasteiger partial charge in [-0.15, -0.1) is 23.2 Å². The second-order valence-electron chi connectivity index (χ2n) is 4.85. The summed E-state index contributed by atoms with van der Waals surface area (Å²) in [5.74, 6) is 1.53. The monoisotopic (exact) mass is 344 g/mol.